The van der Waals surface area contributed by atoms with Crippen LogP contribution in [0.1, 0.15) is 21.6 Å². The van der Waals surface area contributed by atoms with E-state index in [9.17, 15) is 18.0 Å². The molecule has 4 rings (SSSR count). The summed E-state index contributed by atoms with van der Waals surface area (Å²) >= 11 is 0. The number of hydrogen-bond donors (Lipinski definition) is 0. The number of alkyl halides is 3. The average molecular weight is 388 g/mol. The van der Waals surface area contributed by atoms with Crippen LogP contribution in [0.5, 0.6) is 0 Å². The highest BCUT2D eigenvalue weighted by Crippen LogP contribution is 2.32. The molecular weight excluding hydrogens is 369 g/mol. The van der Waals surface area contributed by atoms with Crippen LogP contribution in [0.4, 0.5) is 13.2 Å². The molecular formula is C20H19F3N4O. The number of hydrogen-bond acceptors (Lipinski definition) is 3. The number of carbonyl (C=O) groups is 1. The second kappa shape index (κ2) is 7.27. The summed E-state index contributed by atoms with van der Waals surface area (Å²) in [5.41, 5.74) is 0.742. The number of benzene rings is 1. The second-order valence-corrected chi connectivity index (χ2v) is 6.79. The lowest BCUT2D eigenvalue weighted by molar-refractivity contribution is -0.138. The molecule has 3 aromatic rings. The lowest BCUT2D eigenvalue weighted by Gasteiger charge is -2.35. The van der Waals surface area contributed by atoms with E-state index in [0.717, 1.165) is 17.4 Å². The summed E-state index contributed by atoms with van der Waals surface area (Å²) in [6.07, 6.45) is -0.769. The van der Waals surface area contributed by atoms with Crippen molar-refractivity contribution in [2.75, 3.05) is 26.2 Å². The Balaban J connectivity index is 1.43. The quantitative estimate of drug-likeness (QED) is 0.691. The van der Waals surface area contributed by atoms with E-state index in [0.29, 0.717) is 32.7 Å². The van der Waals surface area contributed by atoms with Gasteiger partial charge in [0, 0.05) is 38.9 Å². The van der Waals surface area contributed by atoms with Crippen molar-refractivity contribution in [3.63, 3.8) is 0 Å². The van der Waals surface area contributed by atoms with E-state index in [-0.39, 0.29) is 5.56 Å². The topological polar surface area (TPSA) is 40.9 Å². The first kappa shape index (κ1) is 18.5. The molecule has 1 saturated heterocycles. The first-order valence-corrected chi connectivity index (χ1v) is 9.02. The number of piperazine rings is 1. The zero-order valence-electron chi connectivity index (χ0n) is 15.1. The summed E-state index contributed by atoms with van der Waals surface area (Å²) in [4.78, 5) is 20.7. The highest BCUT2D eigenvalue weighted by Gasteiger charge is 2.36. The van der Waals surface area contributed by atoms with Gasteiger partial charge in [0.15, 0.2) is 0 Å². The van der Waals surface area contributed by atoms with Crippen molar-refractivity contribution >= 4 is 11.6 Å². The van der Waals surface area contributed by atoms with Crippen LogP contribution < -0.4 is 0 Å². The Morgan fingerprint density at radius 3 is 2.46 bits per heavy atom. The van der Waals surface area contributed by atoms with Gasteiger partial charge in [-0.15, -0.1) is 0 Å². The van der Waals surface area contributed by atoms with Gasteiger partial charge in [-0.2, -0.15) is 13.2 Å². The van der Waals surface area contributed by atoms with E-state index in [4.69, 9.17) is 0 Å². The molecule has 1 aliphatic heterocycles. The maximum atomic E-state index is 13.2. The molecule has 1 fully saturated rings. The Morgan fingerprint density at radius 1 is 1.00 bits per heavy atom. The van der Waals surface area contributed by atoms with Crippen LogP contribution in [0.15, 0.2) is 54.9 Å². The first-order valence-electron chi connectivity index (χ1n) is 9.02. The van der Waals surface area contributed by atoms with Gasteiger partial charge in [0.05, 0.1) is 23.0 Å². The molecule has 0 saturated carbocycles. The van der Waals surface area contributed by atoms with Gasteiger partial charge in [0.25, 0.3) is 5.91 Å². The number of imidazole rings is 1. The smallest absolute Gasteiger partial charge is 0.336 e. The number of rotatable bonds is 3. The van der Waals surface area contributed by atoms with Crippen LogP contribution >= 0.6 is 0 Å². The Morgan fingerprint density at radius 2 is 1.71 bits per heavy atom. The Labute approximate surface area is 160 Å². The highest BCUT2D eigenvalue weighted by molar-refractivity contribution is 5.96. The number of fused-ring (bicyclic) bond motifs is 1. The van der Waals surface area contributed by atoms with Gasteiger partial charge in [0.2, 0.25) is 0 Å². The van der Waals surface area contributed by atoms with Crippen molar-refractivity contribution in [3.05, 3.63) is 71.7 Å². The monoisotopic (exact) mass is 388 g/mol. The molecule has 0 bridgehead atoms. The molecule has 0 radical (unpaired) electrons. The minimum atomic E-state index is -4.54. The summed E-state index contributed by atoms with van der Waals surface area (Å²) in [6, 6.07) is 10.8. The standard InChI is InChI=1S/C20H19F3N4O/c21-20(22,23)17-6-2-1-5-16(17)19(28)26-11-9-25(10-12-26)14-15-13-24-18-7-3-4-8-27(15)18/h1-8,13H,9-12,14H2. The molecule has 8 heteroatoms. The fourth-order valence-corrected chi connectivity index (χ4v) is 3.53. The molecule has 2 aromatic heterocycles. The van der Waals surface area contributed by atoms with Gasteiger partial charge in [-0.3, -0.25) is 9.69 Å². The van der Waals surface area contributed by atoms with Crippen molar-refractivity contribution in [3.8, 4) is 0 Å². The predicted molar refractivity (Wildman–Crippen MR) is 97.8 cm³/mol. The van der Waals surface area contributed by atoms with Gasteiger partial charge in [-0.05, 0) is 24.3 Å². The highest BCUT2D eigenvalue weighted by atomic mass is 19.4. The third kappa shape index (κ3) is 3.60. The minimum Gasteiger partial charge on any atom is -0.336 e. The summed E-state index contributed by atoms with van der Waals surface area (Å²) in [6.45, 7) is 2.65. The maximum absolute atomic E-state index is 13.2. The van der Waals surface area contributed by atoms with Gasteiger partial charge < -0.3 is 9.30 Å². The zero-order chi connectivity index (χ0) is 19.7. The zero-order valence-corrected chi connectivity index (χ0v) is 15.1. The summed E-state index contributed by atoms with van der Waals surface area (Å²) < 4.78 is 41.6. The first-order chi connectivity index (χ1) is 13.4. The molecule has 0 atom stereocenters. The SMILES string of the molecule is O=C(c1ccccc1C(F)(F)F)N1CCN(Cc2cnc3ccccn23)CC1. The third-order valence-corrected chi connectivity index (χ3v) is 5.00. The van der Waals surface area contributed by atoms with Crippen LogP contribution in [0, 0.1) is 0 Å². The molecule has 5 nitrogen and oxygen atoms in total. The molecule has 0 spiro atoms. The van der Waals surface area contributed by atoms with Crippen molar-refractivity contribution in [1.82, 2.24) is 19.2 Å². The lowest BCUT2D eigenvalue weighted by atomic mass is 10.1. The predicted octanol–water partition coefficient (Wildman–Crippen LogP) is 3.31. The molecule has 0 unspecified atom stereocenters. The molecule has 28 heavy (non-hydrogen) atoms. The van der Waals surface area contributed by atoms with E-state index in [1.807, 2.05) is 35.0 Å². The maximum Gasteiger partial charge on any atom is 0.417 e. The largest absolute Gasteiger partial charge is 0.417 e. The third-order valence-electron chi connectivity index (χ3n) is 5.00. The van der Waals surface area contributed by atoms with E-state index in [1.165, 1.54) is 23.1 Å². The minimum absolute atomic E-state index is 0.287. The van der Waals surface area contributed by atoms with Crippen molar-refractivity contribution in [2.45, 2.75) is 12.7 Å². The van der Waals surface area contributed by atoms with Crippen LogP contribution in [-0.4, -0.2) is 51.3 Å². The van der Waals surface area contributed by atoms with Gasteiger partial charge >= 0.3 is 6.18 Å². The molecule has 1 aliphatic rings. The van der Waals surface area contributed by atoms with Gasteiger partial charge in [0.1, 0.15) is 5.65 Å². The van der Waals surface area contributed by atoms with E-state index >= 15 is 0 Å². The van der Waals surface area contributed by atoms with Crippen LogP contribution in [0.25, 0.3) is 5.65 Å². The molecule has 146 valence electrons. The lowest BCUT2D eigenvalue weighted by Crippen LogP contribution is -2.48. The number of nitrogens with zero attached hydrogens (tertiary/aromatic N) is 4. The molecule has 3 heterocycles. The number of aromatic nitrogens is 2. The van der Waals surface area contributed by atoms with E-state index in [1.54, 1.807) is 0 Å². The van der Waals surface area contributed by atoms with E-state index < -0.39 is 17.6 Å². The summed E-state index contributed by atoms with van der Waals surface area (Å²) in [5, 5.41) is 0. The molecule has 1 aromatic carbocycles. The summed E-state index contributed by atoms with van der Waals surface area (Å²) in [7, 11) is 0. The van der Waals surface area contributed by atoms with Crippen LogP contribution in [0.3, 0.4) is 0 Å². The second-order valence-electron chi connectivity index (χ2n) is 6.79. The van der Waals surface area contributed by atoms with E-state index in [2.05, 4.69) is 9.88 Å². The van der Waals surface area contributed by atoms with Crippen molar-refractivity contribution < 1.29 is 18.0 Å². The van der Waals surface area contributed by atoms with Crippen LogP contribution in [-0.2, 0) is 12.7 Å². The number of pyridine rings is 1. The fourth-order valence-electron chi connectivity index (χ4n) is 3.53. The number of carbonyl (C=O) groups excluding carboxylic acids is 1. The normalized spacial score (nSPS) is 15.9. The molecule has 0 aliphatic carbocycles. The average Bonchev–Trinajstić information content (AvgIpc) is 3.10. The van der Waals surface area contributed by atoms with Crippen molar-refractivity contribution in [2.24, 2.45) is 0 Å². The summed E-state index contributed by atoms with van der Waals surface area (Å²) in [5.74, 6) is -0.567. The Kier molecular flexibility index (Phi) is 4.80. The molecule has 0 N–H and O–H groups in total. The molecule has 1 amide bonds. The Bertz CT molecular complexity index is 990. The number of amides is 1. The Hall–Kier alpha value is -2.87. The number of halogens is 3. The van der Waals surface area contributed by atoms with Crippen LogP contribution in [0.2, 0.25) is 0 Å². The van der Waals surface area contributed by atoms with Gasteiger partial charge in [-0.1, -0.05) is 18.2 Å². The van der Waals surface area contributed by atoms with Gasteiger partial charge in [-0.25, -0.2) is 4.98 Å². The fraction of sp³-hybridized carbons (Fsp3) is 0.300. The van der Waals surface area contributed by atoms with Crippen molar-refractivity contribution in [1.29, 1.82) is 0 Å².